The number of aromatic nitrogens is 4. The number of aliphatic carboxylic acids is 1. The number of methoxy groups -OCH3 is 1. The Kier molecular flexibility index (Phi) is 6.53. The second-order valence-electron chi connectivity index (χ2n) is 7.47. The normalized spacial score (nSPS) is 22.7. The van der Waals surface area contributed by atoms with Crippen LogP contribution in [-0.2, 0) is 26.2 Å². The van der Waals surface area contributed by atoms with Gasteiger partial charge in [-0.15, -0.1) is 16.9 Å². The van der Waals surface area contributed by atoms with Crippen molar-refractivity contribution in [2.24, 2.45) is 12.8 Å². The summed E-state index contributed by atoms with van der Waals surface area (Å²) in [7, 11) is 2.93. The Morgan fingerprint density at radius 1 is 1.41 bits per heavy atom. The molecule has 0 unspecified atom stereocenters. The third kappa shape index (κ3) is 4.00. The first-order valence-electron chi connectivity index (χ1n) is 9.87. The first-order valence-corrected chi connectivity index (χ1v) is 11.9. The smallest absolute Gasteiger partial charge is 0.352 e. The number of phenolic OH excluding ortho intramolecular Hbond substituents is 1. The number of tetrazole rings is 1. The Balaban J connectivity index is 1.54. The van der Waals surface area contributed by atoms with Gasteiger partial charge in [0.1, 0.15) is 22.9 Å². The fraction of sp³-hybridized carbons (Fsp3) is 0.368. The predicted molar refractivity (Wildman–Crippen MR) is 120 cm³/mol. The van der Waals surface area contributed by atoms with E-state index in [2.05, 4.69) is 20.8 Å². The molecule has 1 saturated heterocycles. The average molecular weight is 508 g/mol. The van der Waals surface area contributed by atoms with Crippen LogP contribution in [0.25, 0.3) is 0 Å². The van der Waals surface area contributed by atoms with Gasteiger partial charge < -0.3 is 26.0 Å². The number of thioether (sulfide) groups is 2. The standard InChI is InChI=1S/C19H21N7O6S2/c1-25-18(22-23-24-25)34-8-10-7-33-17-19(32-2,16(31)26(17)13(10)15(29)30)21-14(28)12(20)9-3-5-11(27)6-4-9/h3-6,12,17,27H,7-8,20H2,1-2H3,(H,21,28)(H,29,30)/t12-,17-,19-/m0/s1. The van der Waals surface area contributed by atoms with Crippen LogP contribution in [-0.4, -0.2) is 82.8 Å². The van der Waals surface area contributed by atoms with Gasteiger partial charge >= 0.3 is 5.97 Å². The fourth-order valence-electron chi connectivity index (χ4n) is 3.64. The molecule has 5 N–H and O–H groups in total. The van der Waals surface area contributed by atoms with Crippen molar-refractivity contribution in [2.75, 3.05) is 18.6 Å². The molecule has 4 rings (SSSR count). The molecule has 2 aliphatic rings. The van der Waals surface area contributed by atoms with Crippen molar-refractivity contribution in [3.63, 3.8) is 0 Å². The van der Waals surface area contributed by atoms with Crippen LogP contribution in [0.4, 0.5) is 0 Å². The molecule has 34 heavy (non-hydrogen) atoms. The molecule has 0 spiro atoms. The summed E-state index contributed by atoms with van der Waals surface area (Å²) in [4.78, 5) is 39.3. The highest BCUT2D eigenvalue weighted by Crippen LogP contribution is 2.47. The maximum absolute atomic E-state index is 13.2. The highest BCUT2D eigenvalue weighted by atomic mass is 32.2. The number of aromatic hydroxyl groups is 1. The van der Waals surface area contributed by atoms with E-state index in [1.807, 2.05) is 0 Å². The molecule has 0 radical (unpaired) electrons. The molecule has 3 atom stereocenters. The summed E-state index contributed by atoms with van der Waals surface area (Å²) in [5.74, 6) is -2.08. The molecular weight excluding hydrogens is 486 g/mol. The third-order valence-corrected chi connectivity index (χ3v) is 7.91. The number of nitrogens with two attached hydrogens (primary N) is 1. The highest BCUT2D eigenvalue weighted by Gasteiger charge is 2.66. The van der Waals surface area contributed by atoms with Gasteiger partial charge in [0.25, 0.3) is 11.6 Å². The maximum atomic E-state index is 13.2. The number of aryl methyl sites for hydroxylation is 1. The maximum Gasteiger partial charge on any atom is 0.352 e. The summed E-state index contributed by atoms with van der Waals surface area (Å²) in [6.07, 6.45) is 0. The van der Waals surface area contributed by atoms with E-state index in [9.17, 15) is 24.6 Å². The zero-order valence-electron chi connectivity index (χ0n) is 18.0. The lowest BCUT2D eigenvalue weighted by molar-refractivity contribution is -0.192. The number of phenols is 1. The summed E-state index contributed by atoms with van der Waals surface area (Å²) in [5.41, 5.74) is 5.06. The second-order valence-corrected chi connectivity index (χ2v) is 9.48. The first kappa shape index (κ1) is 24.0. The summed E-state index contributed by atoms with van der Waals surface area (Å²) >= 11 is 2.52. The van der Waals surface area contributed by atoms with E-state index >= 15 is 0 Å². The number of nitrogens with zero attached hydrogens (tertiary/aromatic N) is 5. The highest BCUT2D eigenvalue weighted by molar-refractivity contribution is 8.01. The molecular formula is C19H21N7O6S2. The molecule has 2 amide bonds. The minimum atomic E-state index is -1.76. The number of carbonyl (C=O) groups is 3. The number of carboxylic acids is 1. The van der Waals surface area contributed by atoms with Gasteiger partial charge in [-0.2, -0.15) is 0 Å². The largest absolute Gasteiger partial charge is 0.508 e. The number of carboxylic acid groups (broad SMARTS) is 1. The number of hydrogen-bond acceptors (Lipinski definition) is 11. The van der Waals surface area contributed by atoms with Gasteiger partial charge in [0.05, 0.1) is 0 Å². The molecule has 0 bridgehead atoms. The van der Waals surface area contributed by atoms with Crippen LogP contribution in [0.5, 0.6) is 5.75 Å². The van der Waals surface area contributed by atoms with Crippen molar-refractivity contribution in [1.82, 2.24) is 30.4 Å². The summed E-state index contributed by atoms with van der Waals surface area (Å²) < 4.78 is 6.90. The molecule has 2 aliphatic heterocycles. The summed E-state index contributed by atoms with van der Waals surface area (Å²) in [6.45, 7) is 0. The van der Waals surface area contributed by atoms with E-state index < -0.39 is 34.9 Å². The summed E-state index contributed by atoms with van der Waals surface area (Å²) in [6, 6.07) is 4.63. The quantitative estimate of drug-likeness (QED) is 0.203. The minimum absolute atomic E-state index is 0.0190. The third-order valence-electron chi connectivity index (χ3n) is 5.43. The molecule has 3 heterocycles. The molecule has 1 aromatic carbocycles. The average Bonchev–Trinajstić information content (AvgIpc) is 3.24. The lowest BCUT2D eigenvalue weighted by atomic mass is 9.97. The van der Waals surface area contributed by atoms with Crippen molar-refractivity contribution in [3.05, 3.63) is 41.1 Å². The Bertz CT molecular complexity index is 1170. The number of amides is 2. The SMILES string of the molecule is CO[C@@]1(NC(=O)[C@@H](N)c2ccc(O)cc2)C(=O)N2C(C(=O)O)=C(CSc3nnnn3C)CS[C@H]21. The van der Waals surface area contributed by atoms with Crippen LogP contribution in [0, 0.1) is 0 Å². The van der Waals surface area contributed by atoms with E-state index in [0.29, 0.717) is 22.0 Å². The van der Waals surface area contributed by atoms with Crippen molar-refractivity contribution >= 4 is 41.3 Å². The van der Waals surface area contributed by atoms with E-state index in [1.54, 1.807) is 7.05 Å². The number of fused-ring (bicyclic) bond motifs is 1. The number of ether oxygens (including phenoxy) is 1. The van der Waals surface area contributed by atoms with Gasteiger partial charge in [-0.1, -0.05) is 23.9 Å². The van der Waals surface area contributed by atoms with E-state index in [1.165, 1.54) is 59.6 Å². The van der Waals surface area contributed by atoms with E-state index in [-0.39, 0.29) is 17.2 Å². The van der Waals surface area contributed by atoms with Crippen molar-refractivity contribution in [1.29, 1.82) is 0 Å². The molecule has 1 aromatic heterocycles. The Labute approximate surface area is 201 Å². The van der Waals surface area contributed by atoms with Crippen LogP contribution < -0.4 is 11.1 Å². The van der Waals surface area contributed by atoms with Crippen LogP contribution in [0.1, 0.15) is 11.6 Å². The number of carbonyl (C=O) groups excluding carboxylic acids is 2. The van der Waals surface area contributed by atoms with Crippen LogP contribution in [0.15, 0.2) is 40.7 Å². The van der Waals surface area contributed by atoms with Gasteiger partial charge in [0, 0.05) is 25.7 Å². The molecule has 0 saturated carbocycles. The monoisotopic (exact) mass is 507 g/mol. The molecule has 2 aromatic rings. The van der Waals surface area contributed by atoms with Gasteiger partial charge in [-0.05, 0) is 33.7 Å². The van der Waals surface area contributed by atoms with Crippen LogP contribution >= 0.6 is 23.5 Å². The molecule has 0 aliphatic carbocycles. The van der Waals surface area contributed by atoms with Gasteiger partial charge in [-0.3, -0.25) is 14.5 Å². The van der Waals surface area contributed by atoms with Crippen molar-refractivity contribution < 1.29 is 29.3 Å². The molecule has 1 fully saturated rings. The number of hydrogen-bond donors (Lipinski definition) is 4. The zero-order valence-corrected chi connectivity index (χ0v) is 19.7. The fourth-order valence-corrected chi connectivity index (χ4v) is 6.07. The molecule has 15 heteroatoms. The minimum Gasteiger partial charge on any atom is -0.508 e. The van der Waals surface area contributed by atoms with Crippen LogP contribution in [0.2, 0.25) is 0 Å². The molecule has 13 nitrogen and oxygen atoms in total. The Morgan fingerprint density at radius 2 is 2.12 bits per heavy atom. The number of nitrogens with one attached hydrogen (secondary N) is 1. The topological polar surface area (TPSA) is 186 Å². The molecule has 180 valence electrons. The number of rotatable bonds is 8. The first-order chi connectivity index (χ1) is 16.2. The zero-order chi connectivity index (χ0) is 24.6. The van der Waals surface area contributed by atoms with Gasteiger partial charge in [0.2, 0.25) is 11.1 Å². The van der Waals surface area contributed by atoms with E-state index in [4.69, 9.17) is 10.5 Å². The lowest BCUT2D eigenvalue weighted by Crippen LogP contribution is -2.81. The van der Waals surface area contributed by atoms with Crippen LogP contribution in [0.3, 0.4) is 0 Å². The predicted octanol–water partition coefficient (Wildman–Crippen LogP) is -0.579. The van der Waals surface area contributed by atoms with E-state index in [0.717, 1.165) is 4.90 Å². The Morgan fingerprint density at radius 3 is 2.71 bits per heavy atom. The summed E-state index contributed by atoms with van der Waals surface area (Å²) in [5, 5.41) is 32.7. The van der Waals surface area contributed by atoms with Gasteiger partial charge in [0.15, 0.2) is 0 Å². The second kappa shape index (κ2) is 9.25. The number of β-lactam (4-membered cyclic amide) rings is 1. The lowest BCUT2D eigenvalue weighted by Gasteiger charge is -2.56. The van der Waals surface area contributed by atoms with Crippen molar-refractivity contribution in [2.45, 2.75) is 22.3 Å². The Hall–Kier alpha value is -3.14. The van der Waals surface area contributed by atoms with Gasteiger partial charge in [-0.25, -0.2) is 9.48 Å². The van der Waals surface area contributed by atoms with Crippen molar-refractivity contribution in [3.8, 4) is 5.75 Å². The number of benzene rings is 1.